The van der Waals surface area contributed by atoms with Gasteiger partial charge < -0.3 is 20.4 Å². The minimum absolute atomic E-state index is 0. The number of rotatable bonds is 7. The number of halogens is 1. The Labute approximate surface area is 164 Å². The fourth-order valence-corrected chi connectivity index (χ4v) is 2.08. The highest BCUT2D eigenvalue weighted by Gasteiger charge is 2.11. The third-order valence-electron chi connectivity index (χ3n) is 3.39. The Morgan fingerprint density at radius 1 is 1.20 bits per heavy atom. The van der Waals surface area contributed by atoms with Crippen LogP contribution in [0.5, 0.6) is 0 Å². The van der Waals surface area contributed by atoms with Crippen LogP contribution in [0.25, 0.3) is 0 Å². The van der Waals surface area contributed by atoms with Crippen LogP contribution in [0.15, 0.2) is 46.1 Å². The molecule has 0 aliphatic heterocycles. The number of nitrogens with zero attached hydrogens (tertiary/aromatic N) is 2. The standard InChI is InChI=1S/C17H23N5O2.HI/c1-13-7-11-24-15(13)16(23)20-9-5-10-21-17(18-2)22-12-14-6-3-4-8-19-14;/h3-4,6-8,11H,5,9-10,12H2,1-2H3,(H,20,23)(H2,18,21,22);1H. The first kappa shape index (κ1) is 20.9. The Bertz CT molecular complexity index is 673. The number of carbonyl (C=O) groups is 1. The van der Waals surface area contributed by atoms with E-state index in [1.165, 1.54) is 6.26 Å². The molecule has 1 amide bonds. The summed E-state index contributed by atoms with van der Waals surface area (Å²) < 4.78 is 5.15. The maximum atomic E-state index is 11.9. The molecule has 0 saturated heterocycles. The smallest absolute Gasteiger partial charge is 0.287 e. The Kier molecular flexibility index (Phi) is 9.60. The predicted molar refractivity (Wildman–Crippen MR) is 108 cm³/mol. The summed E-state index contributed by atoms with van der Waals surface area (Å²) in [5.74, 6) is 0.889. The van der Waals surface area contributed by atoms with Crippen LogP contribution in [0.3, 0.4) is 0 Å². The monoisotopic (exact) mass is 457 g/mol. The summed E-state index contributed by atoms with van der Waals surface area (Å²) >= 11 is 0. The third-order valence-corrected chi connectivity index (χ3v) is 3.39. The van der Waals surface area contributed by atoms with Gasteiger partial charge in [0.05, 0.1) is 18.5 Å². The second-order valence-corrected chi connectivity index (χ2v) is 5.22. The molecule has 0 atom stereocenters. The number of pyridine rings is 1. The molecule has 3 N–H and O–H groups in total. The zero-order valence-electron chi connectivity index (χ0n) is 14.4. The van der Waals surface area contributed by atoms with E-state index in [0.29, 0.717) is 31.4 Å². The molecule has 8 heteroatoms. The van der Waals surface area contributed by atoms with Gasteiger partial charge >= 0.3 is 0 Å². The first-order valence-electron chi connectivity index (χ1n) is 7.87. The zero-order chi connectivity index (χ0) is 17.2. The number of furan rings is 1. The summed E-state index contributed by atoms with van der Waals surface area (Å²) in [6.07, 6.45) is 4.05. The average Bonchev–Trinajstić information content (AvgIpc) is 3.04. The SMILES string of the molecule is CN=C(NCCCNC(=O)c1occc1C)NCc1ccccn1.I. The van der Waals surface area contributed by atoms with Gasteiger partial charge in [-0.1, -0.05) is 6.07 Å². The molecule has 0 aromatic carbocycles. The second-order valence-electron chi connectivity index (χ2n) is 5.22. The fourth-order valence-electron chi connectivity index (χ4n) is 2.08. The van der Waals surface area contributed by atoms with Gasteiger partial charge in [0.2, 0.25) is 0 Å². The van der Waals surface area contributed by atoms with Crippen molar-refractivity contribution in [1.29, 1.82) is 0 Å². The first-order valence-corrected chi connectivity index (χ1v) is 7.87. The van der Waals surface area contributed by atoms with Crippen LogP contribution in [-0.2, 0) is 6.54 Å². The van der Waals surface area contributed by atoms with E-state index < -0.39 is 0 Å². The van der Waals surface area contributed by atoms with E-state index in [1.807, 2.05) is 25.1 Å². The fraction of sp³-hybridized carbons (Fsp3) is 0.353. The molecule has 2 aromatic rings. The summed E-state index contributed by atoms with van der Waals surface area (Å²) in [6.45, 7) is 3.70. The summed E-state index contributed by atoms with van der Waals surface area (Å²) in [5, 5.41) is 9.22. The van der Waals surface area contributed by atoms with Gasteiger partial charge in [-0.25, -0.2) is 0 Å². The van der Waals surface area contributed by atoms with E-state index in [0.717, 1.165) is 17.7 Å². The van der Waals surface area contributed by atoms with Gasteiger partial charge in [0.15, 0.2) is 11.7 Å². The van der Waals surface area contributed by atoms with Crippen molar-refractivity contribution in [2.45, 2.75) is 19.9 Å². The maximum Gasteiger partial charge on any atom is 0.287 e. The van der Waals surface area contributed by atoms with Crippen LogP contribution < -0.4 is 16.0 Å². The van der Waals surface area contributed by atoms with E-state index in [4.69, 9.17) is 4.42 Å². The molecular formula is C17H24IN5O2. The second kappa shape index (κ2) is 11.5. The Balaban J connectivity index is 0.00000312. The molecule has 0 spiro atoms. The van der Waals surface area contributed by atoms with Crippen molar-refractivity contribution in [1.82, 2.24) is 20.9 Å². The van der Waals surface area contributed by atoms with Gasteiger partial charge in [-0.2, -0.15) is 0 Å². The molecule has 0 fully saturated rings. The molecule has 0 radical (unpaired) electrons. The van der Waals surface area contributed by atoms with Crippen molar-refractivity contribution in [3.8, 4) is 0 Å². The van der Waals surface area contributed by atoms with Gasteiger partial charge in [-0.05, 0) is 31.5 Å². The number of hydrogen-bond acceptors (Lipinski definition) is 4. The van der Waals surface area contributed by atoms with E-state index in [1.54, 1.807) is 19.3 Å². The molecule has 2 aromatic heterocycles. The minimum atomic E-state index is -0.185. The Hall–Kier alpha value is -2.10. The van der Waals surface area contributed by atoms with Gasteiger partial charge in [0.25, 0.3) is 5.91 Å². The van der Waals surface area contributed by atoms with Gasteiger partial charge in [-0.3, -0.25) is 14.8 Å². The minimum Gasteiger partial charge on any atom is -0.459 e. The molecule has 7 nitrogen and oxygen atoms in total. The van der Waals surface area contributed by atoms with Crippen molar-refractivity contribution in [3.05, 3.63) is 53.7 Å². The van der Waals surface area contributed by atoms with Crippen LogP contribution >= 0.6 is 24.0 Å². The maximum absolute atomic E-state index is 11.9. The molecule has 25 heavy (non-hydrogen) atoms. The van der Waals surface area contributed by atoms with E-state index in [9.17, 15) is 4.79 Å². The summed E-state index contributed by atoms with van der Waals surface area (Å²) in [6, 6.07) is 7.55. The number of amides is 1. The molecule has 136 valence electrons. The number of nitrogens with one attached hydrogen (secondary N) is 3. The van der Waals surface area contributed by atoms with Gasteiger partial charge in [0, 0.05) is 31.9 Å². The number of aliphatic imine (C=N–C) groups is 1. The third kappa shape index (κ3) is 7.12. The molecule has 0 aliphatic rings. The molecule has 2 rings (SSSR count). The summed E-state index contributed by atoms with van der Waals surface area (Å²) in [5.41, 5.74) is 1.78. The molecule has 0 saturated carbocycles. The van der Waals surface area contributed by atoms with Crippen LogP contribution in [-0.4, -0.2) is 37.0 Å². The largest absolute Gasteiger partial charge is 0.459 e. The Morgan fingerprint density at radius 3 is 2.64 bits per heavy atom. The van der Waals surface area contributed by atoms with Crippen molar-refractivity contribution >= 4 is 35.8 Å². The van der Waals surface area contributed by atoms with E-state index in [-0.39, 0.29) is 29.9 Å². The van der Waals surface area contributed by atoms with Crippen LogP contribution in [0, 0.1) is 6.92 Å². The number of aromatic nitrogens is 1. The van der Waals surface area contributed by atoms with Crippen molar-refractivity contribution in [2.75, 3.05) is 20.1 Å². The molecule has 0 unspecified atom stereocenters. The lowest BCUT2D eigenvalue weighted by Gasteiger charge is -2.11. The van der Waals surface area contributed by atoms with Gasteiger partial charge in [0.1, 0.15) is 0 Å². The summed E-state index contributed by atoms with van der Waals surface area (Å²) in [7, 11) is 1.72. The first-order chi connectivity index (χ1) is 11.7. The van der Waals surface area contributed by atoms with Crippen LogP contribution in [0.4, 0.5) is 0 Å². The lowest BCUT2D eigenvalue weighted by atomic mass is 10.2. The van der Waals surface area contributed by atoms with Crippen molar-refractivity contribution in [2.24, 2.45) is 4.99 Å². The predicted octanol–water partition coefficient (Wildman–Crippen LogP) is 2.09. The van der Waals surface area contributed by atoms with Gasteiger partial charge in [-0.15, -0.1) is 24.0 Å². The normalized spacial score (nSPS) is 10.7. The molecule has 0 aliphatic carbocycles. The number of aryl methyl sites for hydroxylation is 1. The van der Waals surface area contributed by atoms with E-state index in [2.05, 4.69) is 25.9 Å². The topological polar surface area (TPSA) is 91.5 Å². The molecular weight excluding hydrogens is 433 g/mol. The number of carbonyl (C=O) groups excluding carboxylic acids is 1. The molecule has 2 heterocycles. The Morgan fingerprint density at radius 2 is 2.00 bits per heavy atom. The number of hydrogen-bond donors (Lipinski definition) is 3. The van der Waals surface area contributed by atoms with E-state index >= 15 is 0 Å². The number of guanidine groups is 1. The van der Waals surface area contributed by atoms with Crippen LogP contribution in [0.1, 0.15) is 28.2 Å². The van der Waals surface area contributed by atoms with Crippen LogP contribution in [0.2, 0.25) is 0 Å². The van der Waals surface area contributed by atoms with Crippen molar-refractivity contribution < 1.29 is 9.21 Å². The highest BCUT2D eigenvalue weighted by atomic mass is 127. The quantitative estimate of drug-likeness (QED) is 0.256. The molecule has 0 bridgehead atoms. The lowest BCUT2D eigenvalue weighted by molar-refractivity contribution is 0.0925. The lowest BCUT2D eigenvalue weighted by Crippen LogP contribution is -2.38. The van der Waals surface area contributed by atoms with Crippen molar-refractivity contribution in [3.63, 3.8) is 0 Å². The summed E-state index contributed by atoms with van der Waals surface area (Å²) in [4.78, 5) is 20.3. The zero-order valence-corrected chi connectivity index (χ0v) is 16.7. The highest BCUT2D eigenvalue weighted by Crippen LogP contribution is 2.07. The highest BCUT2D eigenvalue weighted by molar-refractivity contribution is 14.0. The average molecular weight is 457 g/mol.